The lowest BCUT2D eigenvalue weighted by molar-refractivity contribution is 0.279. The molecule has 112 valence electrons. The van der Waals surface area contributed by atoms with E-state index in [9.17, 15) is 0 Å². The van der Waals surface area contributed by atoms with Gasteiger partial charge < -0.3 is 23.9 Å². The number of rotatable bonds is 5. The quantitative estimate of drug-likeness (QED) is 0.817. The van der Waals surface area contributed by atoms with Gasteiger partial charge >= 0.3 is 7.32 Å². The lowest BCUT2D eigenvalue weighted by atomic mass is 10.2. The molecule has 0 saturated heterocycles. The highest BCUT2D eigenvalue weighted by atomic mass is 28.4. The molecule has 0 spiro atoms. The van der Waals surface area contributed by atoms with Gasteiger partial charge in [0.05, 0.1) is 7.11 Å². The van der Waals surface area contributed by atoms with Crippen molar-refractivity contribution in [3.8, 4) is 17.2 Å². The third-order valence-electron chi connectivity index (χ3n) is 3.55. The molecule has 20 heavy (non-hydrogen) atoms. The third-order valence-corrected chi connectivity index (χ3v) is 7.91. The van der Waals surface area contributed by atoms with Gasteiger partial charge in [-0.25, -0.2) is 0 Å². The van der Waals surface area contributed by atoms with E-state index in [0.717, 1.165) is 0 Å². The van der Waals surface area contributed by atoms with Gasteiger partial charge in [-0.15, -0.1) is 0 Å². The van der Waals surface area contributed by atoms with Gasteiger partial charge in [0, 0.05) is 6.07 Å². The molecular formula is C13H23BO5Si. The van der Waals surface area contributed by atoms with E-state index >= 15 is 0 Å². The number of hydrogen-bond donors (Lipinski definition) is 2. The first-order valence-corrected chi connectivity index (χ1v) is 9.37. The first-order valence-electron chi connectivity index (χ1n) is 6.46. The molecule has 0 radical (unpaired) electrons. The Labute approximate surface area is 121 Å². The van der Waals surface area contributed by atoms with E-state index < -0.39 is 15.6 Å². The molecule has 1 aromatic carbocycles. The van der Waals surface area contributed by atoms with Crippen LogP contribution in [0.4, 0.5) is 0 Å². The Hall–Kier alpha value is -1.18. The zero-order valence-electron chi connectivity index (χ0n) is 12.9. The van der Waals surface area contributed by atoms with E-state index in [2.05, 4.69) is 33.9 Å². The number of benzene rings is 1. The van der Waals surface area contributed by atoms with Crippen LogP contribution in [0, 0.1) is 0 Å². The standard InChI is InChI=1S/C13H23BO5Si/c1-13(2,3)20(5,6)19-10-7-8-11(18-14(15)16)12(9-10)17-4/h7-9,15-16H,1-6H3. The maximum Gasteiger partial charge on any atom is 0.707 e. The van der Waals surface area contributed by atoms with Crippen LogP contribution in [0.1, 0.15) is 20.8 Å². The van der Waals surface area contributed by atoms with Gasteiger partial charge in [0.1, 0.15) is 11.5 Å². The molecule has 0 aliphatic carbocycles. The predicted octanol–water partition coefficient (Wildman–Crippen LogP) is 2.43. The Kier molecular flexibility index (Phi) is 5.12. The smallest absolute Gasteiger partial charge is 0.543 e. The van der Waals surface area contributed by atoms with Gasteiger partial charge in [-0.3, -0.25) is 0 Å². The van der Waals surface area contributed by atoms with Crippen LogP contribution in [-0.2, 0) is 0 Å². The molecule has 5 nitrogen and oxygen atoms in total. The molecule has 1 rings (SSSR count). The maximum atomic E-state index is 8.84. The summed E-state index contributed by atoms with van der Waals surface area (Å²) in [6, 6.07) is 5.03. The number of ether oxygens (including phenoxy) is 1. The van der Waals surface area contributed by atoms with Gasteiger partial charge in [0.15, 0.2) is 5.75 Å². The van der Waals surface area contributed by atoms with E-state index in [0.29, 0.717) is 11.5 Å². The molecule has 0 fully saturated rings. The second kappa shape index (κ2) is 6.07. The number of methoxy groups -OCH3 is 1. The molecule has 0 aliphatic rings. The van der Waals surface area contributed by atoms with Crippen molar-refractivity contribution in [1.29, 1.82) is 0 Å². The van der Waals surface area contributed by atoms with Crippen LogP contribution in [0.3, 0.4) is 0 Å². The second-order valence-corrected chi connectivity index (χ2v) is 10.8. The highest BCUT2D eigenvalue weighted by molar-refractivity contribution is 6.74. The summed E-state index contributed by atoms with van der Waals surface area (Å²) in [6.07, 6.45) is 0. The zero-order valence-corrected chi connectivity index (χ0v) is 13.9. The molecule has 0 amide bonds. The van der Waals surface area contributed by atoms with Crippen LogP contribution in [0.25, 0.3) is 0 Å². The summed E-state index contributed by atoms with van der Waals surface area (Å²) in [5.41, 5.74) is 0. The molecule has 7 heteroatoms. The fourth-order valence-electron chi connectivity index (χ4n) is 1.37. The lowest BCUT2D eigenvalue weighted by Crippen LogP contribution is -2.43. The Balaban J connectivity index is 2.99. The molecule has 2 N–H and O–H groups in total. The molecular weight excluding hydrogens is 275 g/mol. The minimum Gasteiger partial charge on any atom is -0.543 e. The van der Waals surface area contributed by atoms with Gasteiger partial charge in [-0.05, 0) is 30.3 Å². The molecule has 0 unspecified atom stereocenters. The van der Waals surface area contributed by atoms with E-state index in [1.165, 1.54) is 7.11 Å². The van der Waals surface area contributed by atoms with E-state index in [4.69, 9.17) is 23.9 Å². The summed E-state index contributed by atoms with van der Waals surface area (Å²) in [7, 11) is -2.32. The summed E-state index contributed by atoms with van der Waals surface area (Å²) in [5.74, 6) is 1.34. The van der Waals surface area contributed by atoms with E-state index in [1.54, 1.807) is 18.2 Å². The third kappa shape index (κ3) is 4.16. The fraction of sp³-hybridized carbons (Fsp3) is 0.538. The fourth-order valence-corrected chi connectivity index (χ4v) is 2.39. The minimum atomic E-state index is -1.93. The molecule has 0 aromatic heterocycles. The topological polar surface area (TPSA) is 68.2 Å². The molecule has 0 heterocycles. The van der Waals surface area contributed by atoms with Crippen LogP contribution < -0.4 is 13.8 Å². The van der Waals surface area contributed by atoms with Gasteiger partial charge in [0.2, 0.25) is 8.32 Å². The average molecular weight is 298 g/mol. The lowest BCUT2D eigenvalue weighted by Gasteiger charge is -2.36. The van der Waals surface area contributed by atoms with Crippen LogP contribution in [0.5, 0.6) is 17.2 Å². The normalized spacial score (nSPS) is 12.0. The first-order chi connectivity index (χ1) is 9.06. The van der Waals surface area contributed by atoms with Crippen LogP contribution in [0.15, 0.2) is 18.2 Å². The Morgan fingerprint density at radius 1 is 1.10 bits per heavy atom. The zero-order chi connectivity index (χ0) is 15.6. The van der Waals surface area contributed by atoms with Crippen molar-refractivity contribution >= 4 is 15.6 Å². The highest BCUT2D eigenvalue weighted by Crippen LogP contribution is 2.39. The van der Waals surface area contributed by atoms with Gasteiger partial charge in [-0.2, -0.15) is 0 Å². The van der Waals surface area contributed by atoms with E-state index in [1.807, 2.05) is 0 Å². The van der Waals surface area contributed by atoms with Crippen molar-refractivity contribution in [3.05, 3.63) is 18.2 Å². The Bertz CT molecular complexity index is 457. The van der Waals surface area contributed by atoms with Crippen LogP contribution in [0.2, 0.25) is 18.1 Å². The SMILES string of the molecule is COc1cc(O[Si](C)(C)C(C)(C)C)ccc1OB(O)O. The largest absolute Gasteiger partial charge is 0.707 e. The van der Waals surface area contributed by atoms with Gasteiger partial charge in [-0.1, -0.05) is 20.8 Å². The molecule has 1 aromatic rings. The highest BCUT2D eigenvalue weighted by Gasteiger charge is 2.39. The molecule has 0 saturated carbocycles. The van der Waals surface area contributed by atoms with Crippen molar-refractivity contribution in [2.75, 3.05) is 7.11 Å². The van der Waals surface area contributed by atoms with Gasteiger partial charge in [0.25, 0.3) is 0 Å². The maximum absolute atomic E-state index is 8.84. The summed E-state index contributed by atoms with van der Waals surface area (Å²) >= 11 is 0. The molecule has 0 aliphatic heterocycles. The monoisotopic (exact) mass is 298 g/mol. The van der Waals surface area contributed by atoms with Crippen LogP contribution >= 0.6 is 0 Å². The molecule has 0 bridgehead atoms. The summed E-state index contributed by atoms with van der Waals surface area (Å²) < 4.78 is 16.2. The van der Waals surface area contributed by atoms with Crippen molar-refractivity contribution in [3.63, 3.8) is 0 Å². The predicted molar refractivity (Wildman–Crippen MR) is 81.6 cm³/mol. The first kappa shape index (κ1) is 16.9. The van der Waals surface area contributed by atoms with E-state index in [-0.39, 0.29) is 10.8 Å². The Morgan fingerprint density at radius 2 is 1.70 bits per heavy atom. The molecule has 0 atom stereocenters. The van der Waals surface area contributed by atoms with Crippen molar-refractivity contribution in [2.45, 2.75) is 38.9 Å². The van der Waals surface area contributed by atoms with Crippen molar-refractivity contribution in [1.82, 2.24) is 0 Å². The summed E-state index contributed by atoms with van der Waals surface area (Å²) in [4.78, 5) is 0. The summed E-state index contributed by atoms with van der Waals surface area (Å²) in [6.45, 7) is 10.8. The minimum absolute atomic E-state index is 0.0939. The second-order valence-electron chi connectivity index (χ2n) is 6.12. The number of hydrogen-bond acceptors (Lipinski definition) is 5. The van der Waals surface area contributed by atoms with Crippen molar-refractivity contribution < 1.29 is 23.9 Å². The summed E-state index contributed by atoms with van der Waals surface area (Å²) in [5, 5.41) is 17.8. The average Bonchev–Trinajstić information content (AvgIpc) is 2.28. The Morgan fingerprint density at radius 3 is 2.15 bits per heavy atom. The van der Waals surface area contributed by atoms with Crippen molar-refractivity contribution in [2.24, 2.45) is 0 Å². The van der Waals surface area contributed by atoms with Crippen LogP contribution in [-0.4, -0.2) is 32.8 Å².